The number of nitrogens with zero attached hydrogens (tertiary/aromatic N) is 2. The fourth-order valence-electron chi connectivity index (χ4n) is 2.82. The zero-order valence-corrected chi connectivity index (χ0v) is 16.8. The van der Waals surface area contributed by atoms with Gasteiger partial charge in [0.05, 0.1) is 15.8 Å². The highest BCUT2D eigenvalue weighted by molar-refractivity contribution is 7.88. The molecule has 1 aliphatic heterocycles. The predicted octanol–water partition coefficient (Wildman–Crippen LogP) is 3.67. The van der Waals surface area contributed by atoms with E-state index in [1.54, 1.807) is 35.2 Å². The second-order valence-electron chi connectivity index (χ2n) is 6.19. The fraction of sp³-hybridized carbons (Fsp3) is 0.278. The largest absolute Gasteiger partial charge is 0.322 e. The molecule has 144 valence electrons. The summed E-state index contributed by atoms with van der Waals surface area (Å²) in [6, 6.07) is 13.6. The number of halogens is 2. The van der Waals surface area contributed by atoms with Crippen LogP contribution in [-0.2, 0) is 15.8 Å². The van der Waals surface area contributed by atoms with E-state index in [9.17, 15) is 13.2 Å². The summed E-state index contributed by atoms with van der Waals surface area (Å²) in [6.07, 6.45) is 0. The molecule has 0 aromatic heterocycles. The van der Waals surface area contributed by atoms with Crippen molar-refractivity contribution in [3.05, 3.63) is 64.1 Å². The van der Waals surface area contributed by atoms with Gasteiger partial charge in [0.15, 0.2) is 0 Å². The average Bonchev–Trinajstić information content (AvgIpc) is 2.65. The van der Waals surface area contributed by atoms with Crippen molar-refractivity contribution in [2.75, 3.05) is 31.5 Å². The minimum absolute atomic E-state index is 0.0384. The van der Waals surface area contributed by atoms with E-state index >= 15 is 0 Å². The van der Waals surface area contributed by atoms with Gasteiger partial charge in [0, 0.05) is 31.9 Å². The third kappa shape index (κ3) is 5.13. The van der Waals surface area contributed by atoms with Crippen LogP contribution in [0.1, 0.15) is 5.56 Å². The molecule has 1 aliphatic rings. The van der Waals surface area contributed by atoms with Crippen LogP contribution in [0.3, 0.4) is 0 Å². The first-order valence-electron chi connectivity index (χ1n) is 8.38. The molecule has 6 nitrogen and oxygen atoms in total. The summed E-state index contributed by atoms with van der Waals surface area (Å²) in [5.41, 5.74) is 1.28. The van der Waals surface area contributed by atoms with Crippen LogP contribution in [0.25, 0.3) is 0 Å². The van der Waals surface area contributed by atoms with Gasteiger partial charge in [-0.15, -0.1) is 0 Å². The van der Waals surface area contributed by atoms with Crippen molar-refractivity contribution in [3.63, 3.8) is 0 Å². The maximum absolute atomic E-state index is 12.6. The van der Waals surface area contributed by atoms with E-state index in [0.29, 0.717) is 28.8 Å². The Bertz CT molecular complexity index is 915. The molecule has 2 amide bonds. The summed E-state index contributed by atoms with van der Waals surface area (Å²) >= 11 is 11.8. The predicted molar refractivity (Wildman–Crippen MR) is 108 cm³/mol. The molecule has 2 aromatic carbocycles. The normalized spacial score (nSPS) is 15.6. The van der Waals surface area contributed by atoms with Crippen LogP contribution in [0, 0.1) is 0 Å². The molecule has 0 bridgehead atoms. The lowest BCUT2D eigenvalue weighted by atomic mass is 10.2. The molecule has 2 aromatic rings. The van der Waals surface area contributed by atoms with Gasteiger partial charge in [-0.1, -0.05) is 53.5 Å². The lowest BCUT2D eigenvalue weighted by molar-refractivity contribution is 0.184. The van der Waals surface area contributed by atoms with Gasteiger partial charge in [-0.25, -0.2) is 13.2 Å². The van der Waals surface area contributed by atoms with E-state index in [1.165, 1.54) is 4.31 Å². The topological polar surface area (TPSA) is 69.7 Å². The molecule has 1 heterocycles. The molecule has 27 heavy (non-hydrogen) atoms. The number of sulfonamides is 1. The number of carbonyl (C=O) groups is 1. The summed E-state index contributed by atoms with van der Waals surface area (Å²) < 4.78 is 26.6. The molecule has 1 fully saturated rings. The van der Waals surface area contributed by atoms with Crippen LogP contribution < -0.4 is 5.32 Å². The van der Waals surface area contributed by atoms with E-state index in [4.69, 9.17) is 23.2 Å². The Morgan fingerprint density at radius 3 is 2.26 bits per heavy atom. The molecular formula is C18H19Cl2N3O3S. The van der Waals surface area contributed by atoms with Crippen LogP contribution in [0.5, 0.6) is 0 Å². The van der Waals surface area contributed by atoms with Gasteiger partial charge in [-0.05, 0) is 23.8 Å². The standard InChI is InChI=1S/C18H19Cl2N3O3S/c19-16-7-6-15(12-17(16)20)21-18(24)22-8-10-23(11-9-22)27(25,26)13-14-4-2-1-3-5-14/h1-7,12H,8-11,13H2,(H,21,24). The molecule has 0 radical (unpaired) electrons. The van der Waals surface area contributed by atoms with Gasteiger partial charge < -0.3 is 10.2 Å². The van der Waals surface area contributed by atoms with Crippen molar-refractivity contribution in [2.24, 2.45) is 0 Å². The maximum atomic E-state index is 12.6. The number of hydrogen-bond acceptors (Lipinski definition) is 3. The van der Waals surface area contributed by atoms with Crippen molar-refractivity contribution in [3.8, 4) is 0 Å². The summed E-state index contributed by atoms with van der Waals surface area (Å²) in [5.74, 6) is -0.0384. The number of piperazine rings is 1. The Morgan fingerprint density at radius 2 is 1.63 bits per heavy atom. The molecule has 1 N–H and O–H groups in total. The van der Waals surface area contributed by atoms with Gasteiger partial charge in [-0.2, -0.15) is 4.31 Å². The second kappa shape index (κ2) is 8.48. The van der Waals surface area contributed by atoms with Gasteiger partial charge in [0.1, 0.15) is 0 Å². The summed E-state index contributed by atoms with van der Waals surface area (Å²) in [7, 11) is -3.41. The Balaban J connectivity index is 1.56. The number of rotatable bonds is 4. The highest BCUT2D eigenvalue weighted by atomic mass is 35.5. The summed E-state index contributed by atoms with van der Waals surface area (Å²) in [5, 5.41) is 3.51. The third-order valence-electron chi connectivity index (χ3n) is 4.28. The first kappa shape index (κ1) is 19.9. The number of benzene rings is 2. The number of anilines is 1. The van der Waals surface area contributed by atoms with Gasteiger partial charge in [0.2, 0.25) is 10.0 Å². The Kier molecular flexibility index (Phi) is 6.26. The molecule has 0 unspecified atom stereocenters. The molecule has 3 rings (SSSR count). The quantitative estimate of drug-likeness (QED) is 0.808. The van der Waals surface area contributed by atoms with Crippen LogP contribution >= 0.6 is 23.2 Å². The molecule has 1 saturated heterocycles. The lowest BCUT2D eigenvalue weighted by Gasteiger charge is -2.34. The Hall–Kier alpha value is -1.80. The van der Waals surface area contributed by atoms with Crippen molar-refractivity contribution in [2.45, 2.75) is 5.75 Å². The van der Waals surface area contributed by atoms with Gasteiger partial charge in [-0.3, -0.25) is 0 Å². The Morgan fingerprint density at radius 1 is 0.963 bits per heavy atom. The summed E-state index contributed by atoms with van der Waals surface area (Å²) in [6.45, 7) is 1.18. The molecule has 9 heteroatoms. The van der Waals surface area contributed by atoms with Crippen LogP contribution in [0.4, 0.5) is 10.5 Å². The van der Waals surface area contributed by atoms with E-state index in [2.05, 4.69) is 5.32 Å². The van der Waals surface area contributed by atoms with E-state index in [-0.39, 0.29) is 24.9 Å². The van der Waals surface area contributed by atoms with Crippen LogP contribution in [0.15, 0.2) is 48.5 Å². The van der Waals surface area contributed by atoms with Gasteiger partial charge in [0.25, 0.3) is 0 Å². The fourth-order valence-corrected chi connectivity index (χ4v) is 4.64. The monoisotopic (exact) mass is 427 g/mol. The van der Waals surface area contributed by atoms with E-state index in [1.807, 2.05) is 18.2 Å². The molecule has 0 saturated carbocycles. The molecule has 0 atom stereocenters. The smallest absolute Gasteiger partial charge is 0.321 e. The highest BCUT2D eigenvalue weighted by Crippen LogP contribution is 2.25. The molecule has 0 spiro atoms. The van der Waals surface area contributed by atoms with Crippen LogP contribution in [0.2, 0.25) is 10.0 Å². The van der Waals surface area contributed by atoms with E-state index < -0.39 is 10.0 Å². The first-order chi connectivity index (χ1) is 12.8. The van der Waals surface area contributed by atoms with Crippen LogP contribution in [-0.4, -0.2) is 49.8 Å². The number of carbonyl (C=O) groups excluding carboxylic acids is 1. The highest BCUT2D eigenvalue weighted by Gasteiger charge is 2.29. The van der Waals surface area contributed by atoms with Crippen molar-refractivity contribution in [1.29, 1.82) is 0 Å². The zero-order chi connectivity index (χ0) is 19.4. The lowest BCUT2D eigenvalue weighted by Crippen LogP contribution is -2.51. The Labute approximate surface area is 168 Å². The van der Waals surface area contributed by atoms with Gasteiger partial charge >= 0.3 is 6.03 Å². The third-order valence-corrected chi connectivity index (χ3v) is 6.87. The van der Waals surface area contributed by atoms with Crippen molar-refractivity contribution in [1.82, 2.24) is 9.21 Å². The average molecular weight is 428 g/mol. The zero-order valence-electron chi connectivity index (χ0n) is 14.4. The van der Waals surface area contributed by atoms with Crippen molar-refractivity contribution >= 4 is 44.9 Å². The van der Waals surface area contributed by atoms with E-state index in [0.717, 1.165) is 5.56 Å². The minimum Gasteiger partial charge on any atom is -0.322 e. The first-order valence-corrected chi connectivity index (χ1v) is 10.7. The molecule has 0 aliphatic carbocycles. The number of amides is 2. The minimum atomic E-state index is -3.41. The summed E-state index contributed by atoms with van der Waals surface area (Å²) in [4.78, 5) is 14.0. The van der Waals surface area contributed by atoms with Crippen molar-refractivity contribution < 1.29 is 13.2 Å². The second-order valence-corrected chi connectivity index (χ2v) is 8.97. The molecular weight excluding hydrogens is 409 g/mol. The number of hydrogen-bond donors (Lipinski definition) is 1. The number of urea groups is 1. The maximum Gasteiger partial charge on any atom is 0.321 e. The SMILES string of the molecule is O=C(Nc1ccc(Cl)c(Cl)c1)N1CCN(S(=O)(=O)Cc2ccccc2)CC1. The number of nitrogens with one attached hydrogen (secondary N) is 1.